The molecule has 0 bridgehead atoms. The molecule has 0 unspecified atom stereocenters. The first-order chi connectivity index (χ1) is 7.64. The van der Waals surface area contributed by atoms with Gasteiger partial charge in [-0.3, -0.25) is 0 Å². The lowest BCUT2D eigenvalue weighted by Gasteiger charge is -2.22. The molecule has 0 aromatic heterocycles. The molecular formula is C12H28O3Si. The van der Waals surface area contributed by atoms with Crippen molar-refractivity contribution in [1.29, 1.82) is 0 Å². The predicted octanol–water partition coefficient (Wildman–Crippen LogP) is 3.47. The monoisotopic (exact) mass is 248 g/mol. The van der Waals surface area contributed by atoms with Crippen molar-refractivity contribution in [3.05, 3.63) is 0 Å². The molecule has 16 heavy (non-hydrogen) atoms. The second-order valence-corrected chi connectivity index (χ2v) is 7.69. The molecule has 1 fully saturated rings. The lowest BCUT2D eigenvalue weighted by Crippen LogP contribution is -2.41. The van der Waals surface area contributed by atoms with Gasteiger partial charge >= 0.3 is 8.80 Å². The first-order valence-electron chi connectivity index (χ1n) is 6.29. The Kier molecular flexibility index (Phi) is 9.22. The van der Waals surface area contributed by atoms with Gasteiger partial charge in [0.25, 0.3) is 0 Å². The van der Waals surface area contributed by atoms with Crippen molar-refractivity contribution in [2.24, 2.45) is 5.92 Å². The Morgan fingerprint density at radius 3 is 1.50 bits per heavy atom. The third-order valence-corrected chi connectivity index (χ3v) is 5.99. The second kappa shape index (κ2) is 9.16. The largest absolute Gasteiger partial charge is 0.499 e. The highest BCUT2D eigenvalue weighted by molar-refractivity contribution is 6.60. The van der Waals surface area contributed by atoms with Crippen molar-refractivity contribution in [2.75, 3.05) is 21.3 Å². The van der Waals surface area contributed by atoms with E-state index in [0.29, 0.717) is 0 Å². The normalized spacial score (nSPS) is 17.8. The van der Waals surface area contributed by atoms with Crippen molar-refractivity contribution < 1.29 is 13.3 Å². The molecule has 98 valence electrons. The minimum Gasteiger partial charge on any atom is -0.377 e. The smallest absolute Gasteiger partial charge is 0.377 e. The molecule has 0 radical (unpaired) electrons. The summed E-state index contributed by atoms with van der Waals surface area (Å²) in [5, 5.41) is 0. The van der Waals surface area contributed by atoms with Gasteiger partial charge in [0.1, 0.15) is 0 Å². The van der Waals surface area contributed by atoms with Crippen LogP contribution in [0.2, 0.25) is 6.04 Å². The SMILES string of the molecule is CC1CCCCC1.CC[Si](OC)(OC)OC. The predicted molar refractivity (Wildman–Crippen MR) is 69.5 cm³/mol. The zero-order valence-corrected chi connectivity index (χ0v) is 12.5. The summed E-state index contributed by atoms with van der Waals surface area (Å²) in [6.45, 7) is 4.35. The van der Waals surface area contributed by atoms with Crippen LogP contribution in [0.5, 0.6) is 0 Å². The maximum Gasteiger partial charge on any atom is 0.499 e. The maximum absolute atomic E-state index is 5.08. The Balaban J connectivity index is 0.000000288. The summed E-state index contributed by atoms with van der Waals surface area (Å²) in [6, 6.07) is 0.816. The maximum atomic E-state index is 5.08. The van der Waals surface area contributed by atoms with Gasteiger partial charge in [0.15, 0.2) is 0 Å². The van der Waals surface area contributed by atoms with Crippen molar-refractivity contribution in [1.82, 2.24) is 0 Å². The minimum atomic E-state index is -2.19. The van der Waals surface area contributed by atoms with Crippen LogP contribution in [0.4, 0.5) is 0 Å². The molecule has 0 spiro atoms. The molecular weight excluding hydrogens is 220 g/mol. The van der Waals surface area contributed by atoms with Gasteiger partial charge < -0.3 is 13.3 Å². The Hall–Kier alpha value is 0.0969. The summed E-state index contributed by atoms with van der Waals surface area (Å²) < 4.78 is 15.2. The van der Waals surface area contributed by atoms with E-state index >= 15 is 0 Å². The quantitative estimate of drug-likeness (QED) is 0.713. The van der Waals surface area contributed by atoms with Crippen LogP contribution in [-0.2, 0) is 13.3 Å². The van der Waals surface area contributed by atoms with Gasteiger partial charge in [-0.15, -0.1) is 0 Å². The van der Waals surface area contributed by atoms with E-state index in [4.69, 9.17) is 13.3 Å². The zero-order chi connectivity index (χ0) is 12.4. The van der Waals surface area contributed by atoms with Gasteiger partial charge in [0, 0.05) is 27.4 Å². The van der Waals surface area contributed by atoms with Crippen LogP contribution in [0.3, 0.4) is 0 Å². The van der Waals surface area contributed by atoms with Gasteiger partial charge in [-0.05, 0) is 5.92 Å². The fourth-order valence-electron chi connectivity index (χ4n) is 1.99. The zero-order valence-electron chi connectivity index (χ0n) is 11.5. The Bertz CT molecular complexity index is 137. The second-order valence-electron chi connectivity index (χ2n) is 4.39. The molecule has 0 aromatic carbocycles. The lowest BCUT2D eigenvalue weighted by molar-refractivity contribution is 0.125. The Morgan fingerprint density at radius 1 is 0.938 bits per heavy atom. The summed E-state index contributed by atoms with van der Waals surface area (Å²) in [5.74, 6) is 1.04. The van der Waals surface area contributed by atoms with Gasteiger partial charge in [0.2, 0.25) is 0 Å². The van der Waals surface area contributed by atoms with E-state index in [-0.39, 0.29) is 0 Å². The molecule has 0 aliphatic heterocycles. The molecule has 1 saturated carbocycles. The van der Waals surface area contributed by atoms with Gasteiger partial charge in [-0.1, -0.05) is 46.0 Å². The summed E-state index contributed by atoms with van der Waals surface area (Å²) in [5.41, 5.74) is 0. The molecule has 3 nitrogen and oxygen atoms in total. The summed E-state index contributed by atoms with van der Waals surface area (Å²) in [4.78, 5) is 0. The molecule has 0 aromatic rings. The molecule has 0 N–H and O–H groups in total. The van der Waals surface area contributed by atoms with Crippen LogP contribution in [0.1, 0.15) is 46.0 Å². The van der Waals surface area contributed by atoms with Crippen LogP contribution >= 0.6 is 0 Å². The first kappa shape index (κ1) is 16.1. The molecule has 0 saturated heterocycles. The average Bonchev–Trinajstić information content (AvgIpc) is 2.35. The van der Waals surface area contributed by atoms with Crippen molar-refractivity contribution >= 4 is 8.80 Å². The molecule has 4 heteroatoms. The van der Waals surface area contributed by atoms with Crippen LogP contribution in [0.15, 0.2) is 0 Å². The van der Waals surface area contributed by atoms with E-state index in [1.807, 2.05) is 6.92 Å². The summed E-state index contributed by atoms with van der Waals surface area (Å²) in [7, 11) is 2.65. The van der Waals surface area contributed by atoms with Crippen molar-refractivity contribution in [3.8, 4) is 0 Å². The van der Waals surface area contributed by atoms with Crippen LogP contribution in [-0.4, -0.2) is 30.1 Å². The lowest BCUT2D eigenvalue weighted by atomic mass is 9.91. The summed E-state index contributed by atoms with van der Waals surface area (Å²) >= 11 is 0. The fraction of sp³-hybridized carbons (Fsp3) is 1.00. The van der Waals surface area contributed by atoms with Crippen LogP contribution in [0, 0.1) is 5.92 Å². The van der Waals surface area contributed by atoms with Crippen LogP contribution < -0.4 is 0 Å². The number of hydrogen-bond donors (Lipinski definition) is 0. The van der Waals surface area contributed by atoms with Gasteiger partial charge in [-0.25, -0.2) is 0 Å². The highest BCUT2D eigenvalue weighted by Crippen LogP contribution is 2.22. The molecule has 1 aliphatic carbocycles. The highest BCUT2D eigenvalue weighted by atomic mass is 28.4. The Morgan fingerprint density at radius 2 is 1.38 bits per heavy atom. The highest BCUT2D eigenvalue weighted by Gasteiger charge is 2.34. The fourth-order valence-corrected chi connectivity index (χ4v) is 3.36. The van der Waals surface area contributed by atoms with E-state index in [9.17, 15) is 0 Å². The standard InChI is InChI=1S/C7H14.C5H14O3Si/c1-7-5-3-2-4-6-7;1-5-9(6-2,7-3)8-4/h7H,2-6H2,1H3;5H2,1-4H3. The minimum absolute atomic E-state index is 0.816. The molecule has 0 amide bonds. The van der Waals surface area contributed by atoms with Gasteiger partial charge in [0.05, 0.1) is 0 Å². The van der Waals surface area contributed by atoms with Crippen molar-refractivity contribution in [2.45, 2.75) is 52.0 Å². The summed E-state index contributed by atoms with van der Waals surface area (Å²) in [6.07, 6.45) is 7.44. The van der Waals surface area contributed by atoms with Crippen LogP contribution in [0.25, 0.3) is 0 Å². The first-order valence-corrected chi connectivity index (χ1v) is 8.22. The molecule has 1 aliphatic rings. The molecule has 0 heterocycles. The van der Waals surface area contributed by atoms with E-state index < -0.39 is 8.80 Å². The number of hydrogen-bond acceptors (Lipinski definition) is 3. The van der Waals surface area contributed by atoms with E-state index in [0.717, 1.165) is 12.0 Å². The van der Waals surface area contributed by atoms with Gasteiger partial charge in [-0.2, -0.15) is 0 Å². The Labute approximate surface area is 102 Å². The van der Waals surface area contributed by atoms with E-state index in [2.05, 4.69) is 6.92 Å². The average molecular weight is 248 g/mol. The van der Waals surface area contributed by atoms with E-state index in [1.54, 1.807) is 21.3 Å². The number of rotatable bonds is 4. The molecule has 1 rings (SSSR count). The third-order valence-electron chi connectivity index (χ3n) is 3.26. The van der Waals surface area contributed by atoms with Crippen molar-refractivity contribution in [3.63, 3.8) is 0 Å². The topological polar surface area (TPSA) is 27.7 Å². The van der Waals surface area contributed by atoms with E-state index in [1.165, 1.54) is 32.1 Å². The third kappa shape index (κ3) is 5.99. The molecule has 0 atom stereocenters.